The molecule has 0 amide bonds. The van der Waals surface area contributed by atoms with Crippen molar-refractivity contribution < 1.29 is 17.7 Å². The van der Waals surface area contributed by atoms with E-state index in [1.54, 1.807) is 12.1 Å². The lowest BCUT2D eigenvalue weighted by atomic mass is 10.1. The molecule has 0 aliphatic rings. The van der Waals surface area contributed by atoms with Crippen molar-refractivity contribution in [3.8, 4) is 17.2 Å². The summed E-state index contributed by atoms with van der Waals surface area (Å²) in [5.74, 6) is 1.25. The number of aryl methyl sites for hydroxylation is 2. The number of hydrogen-bond acceptors (Lipinski definition) is 6. The minimum Gasteiger partial charge on any atom is -0.496 e. The number of ether oxygens (including phenoxy) is 1. The fraction of sp³-hybridized carbons (Fsp3) is 0.300. The van der Waals surface area contributed by atoms with E-state index in [9.17, 15) is 8.42 Å². The summed E-state index contributed by atoms with van der Waals surface area (Å²) in [7, 11) is -2.30. The first kappa shape index (κ1) is 19.9. The van der Waals surface area contributed by atoms with Crippen LogP contribution in [0.1, 0.15) is 30.3 Å². The second-order valence-corrected chi connectivity index (χ2v) is 8.16. The van der Waals surface area contributed by atoms with Crippen LogP contribution >= 0.6 is 0 Å². The van der Waals surface area contributed by atoms with Gasteiger partial charge in [-0.2, -0.15) is 4.98 Å². The van der Waals surface area contributed by atoms with Crippen LogP contribution in [0.4, 0.5) is 5.69 Å². The molecule has 0 saturated carbocycles. The highest BCUT2D eigenvalue weighted by molar-refractivity contribution is 7.92. The number of nitrogens with one attached hydrogen (secondary N) is 1. The van der Waals surface area contributed by atoms with Crippen LogP contribution in [0.5, 0.6) is 5.75 Å². The number of nitrogens with zero attached hydrogens (tertiary/aromatic N) is 2. The summed E-state index contributed by atoms with van der Waals surface area (Å²) in [6.45, 7) is 5.82. The molecule has 7 nitrogen and oxygen atoms in total. The van der Waals surface area contributed by atoms with Crippen LogP contribution in [0.2, 0.25) is 0 Å². The molecule has 8 heteroatoms. The number of aromatic nitrogens is 2. The van der Waals surface area contributed by atoms with Gasteiger partial charge in [-0.3, -0.25) is 4.72 Å². The highest BCUT2D eigenvalue weighted by atomic mass is 32.2. The molecule has 0 saturated heterocycles. The molecule has 148 valence electrons. The Morgan fingerprint density at radius 3 is 2.68 bits per heavy atom. The van der Waals surface area contributed by atoms with Gasteiger partial charge in [0.1, 0.15) is 5.75 Å². The third kappa shape index (κ3) is 4.01. The van der Waals surface area contributed by atoms with Crippen molar-refractivity contribution in [2.24, 2.45) is 0 Å². The molecular formula is C20H23N3O4S. The van der Waals surface area contributed by atoms with E-state index in [1.807, 2.05) is 32.9 Å². The molecule has 2 aromatic carbocycles. The zero-order valence-electron chi connectivity index (χ0n) is 16.3. The maximum atomic E-state index is 12.9. The van der Waals surface area contributed by atoms with E-state index in [1.165, 1.54) is 19.2 Å². The molecule has 0 unspecified atom stereocenters. The molecule has 0 spiro atoms. The topological polar surface area (TPSA) is 94.3 Å². The van der Waals surface area contributed by atoms with Crippen molar-refractivity contribution in [2.75, 3.05) is 11.8 Å². The largest absolute Gasteiger partial charge is 0.496 e. The normalized spacial score (nSPS) is 11.4. The number of benzene rings is 2. The zero-order chi connectivity index (χ0) is 20.3. The van der Waals surface area contributed by atoms with Gasteiger partial charge in [0.25, 0.3) is 15.9 Å². The molecular weight excluding hydrogens is 378 g/mol. The van der Waals surface area contributed by atoms with Gasteiger partial charge in [-0.25, -0.2) is 8.42 Å². The molecule has 1 aromatic heterocycles. The Kier molecular flexibility index (Phi) is 5.69. The summed E-state index contributed by atoms with van der Waals surface area (Å²) >= 11 is 0. The molecule has 3 rings (SSSR count). The van der Waals surface area contributed by atoms with E-state index >= 15 is 0 Å². The van der Waals surface area contributed by atoms with E-state index < -0.39 is 10.0 Å². The van der Waals surface area contributed by atoms with E-state index in [0.29, 0.717) is 29.2 Å². The molecule has 0 radical (unpaired) electrons. The number of methoxy groups -OCH3 is 1. The predicted molar refractivity (Wildman–Crippen MR) is 107 cm³/mol. The summed E-state index contributed by atoms with van der Waals surface area (Å²) in [6, 6.07) is 10.0. The van der Waals surface area contributed by atoms with Crippen LogP contribution < -0.4 is 9.46 Å². The standard InChI is InChI=1S/C20H23N3O4S/c1-5-7-19-21-20(27-22-19)16-12-15(10-11-18(16)26-4)28(24,25)23-17-9-6-8-13(2)14(17)3/h6,8-12,23H,5,7H2,1-4H3. The van der Waals surface area contributed by atoms with Gasteiger partial charge in [-0.15, -0.1) is 0 Å². The fourth-order valence-corrected chi connectivity index (χ4v) is 3.92. The molecule has 1 heterocycles. The van der Waals surface area contributed by atoms with Crippen LogP contribution in [-0.4, -0.2) is 25.7 Å². The Balaban J connectivity index is 2.00. The van der Waals surface area contributed by atoms with Crippen LogP contribution in [0.25, 0.3) is 11.5 Å². The summed E-state index contributed by atoms with van der Waals surface area (Å²) < 4.78 is 39.2. The first-order valence-electron chi connectivity index (χ1n) is 8.95. The minimum absolute atomic E-state index is 0.0828. The summed E-state index contributed by atoms with van der Waals surface area (Å²) in [4.78, 5) is 4.42. The van der Waals surface area contributed by atoms with Crippen molar-refractivity contribution in [3.05, 3.63) is 53.3 Å². The van der Waals surface area contributed by atoms with Gasteiger partial charge in [-0.05, 0) is 55.7 Å². The van der Waals surface area contributed by atoms with Gasteiger partial charge in [0.05, 0.1) is 23.3 Å². The lowest BCUT2D eigenvalue weighted by molar-refractivity contribution is 0.402. The number of sulfonamides is 1. The monoisotopic (exact) mass is 401 g/mol. The van der Waals surface area contributed by atoms with E-state index in [0.717, 1.165) is 17.5 Å². The van der Waals surface area contributed by atoms with Crippen molar-refractivity contribution >= 4 is 15.7 Å². The van der Waals surface area contributed by atoms with Crippen LogP contribution in [-0.2, 0) is 16.4 Å². The van der Waals surface area contributed by atoms with Gasteiger partial charge < -0.3 is 9.26 Å². The summed E-state index contributed by atoms with van der Waals surface area (Å²) in [6.07, 6.45) is 1.56. The average Bonchev–Trinajstić information content (AvgIpc) is 3.13. The predicted octanol–water partition coefficient (Wildman–Crippen LogP) is 4.12. The third-order valence-corrected chi connectivity index (χ3v) is 5.87. The lowest BCUT2D eigenvalue weighted by Crippen LogP contribution is -2.14. The number of hydrogen-bond donors (Lipinski definition) is 1. The third-order valence-electron chi connectivity index (χ3n) is 4.50. The molecule has 0 aliphatic heterocycles. The number of anilines is 1. The van der Waals surface area contributed by atoms with Gasteiger partial charge in [-0.1, -0.05) is 24.2 Å². The smallest absolute Gasteiger partial charge is 0.261 e. The van der Waals surface area contributed by atoms with E-state index in [-0.39, 0.29) is 10.8 Å². The quantitative estimate of drug-likeness (QED) is 0.640. The molecule has 28 heavy (non-hydrogen) atoms. The Morgan fingerprint density at radius 1 is 1.18 bits per heavy atom. The first-order chi connectivity index (χ1) is 13.4. The Hall–Kier alpha value is -2.87. The van der Waals surface area contributed by atoms with Crippen molar-refractivity contribution in [1.29, 1.82) is 0 Å². The van der Waals surface area contributed by atoms with Crippen LogP contribution in [0.3, 0.4) is 0 Å². The highest BCUT2D eigenvalue weighted by Gasteiger charge is 2.21. The van der Waals surface area contributed by atoms with Crippen LogP contribution in [0.15, 0.2) is 45.8 Å². The molecule has 3 aromatic rings. The summed E-state index contributed by atoms with van der Waals surface area (Å²) in [5.41, 5.74) is 2.85. The van der Waals surface area contributed by atoms with Gasteiger partial charge in [0.2, 0.25) is 0 Å². The second kappa shape index (κ2) is 8.02. The molecule has 0 aliphatic carbocycles. The fourth-order valence-electron chi connectivity index (χ4n) is 2.78. The van der Waals surface area contributed by atoms with Crippen molar-refractivity contribution in [3.63, 3.8) is 0 Å². The number of rotatable bonds is 7. The Bertz CT molecular complexity index is 1090. The maximum Gasteiger partial charge on any atom is 0.261 e. The van der Waals surface area contributed by atoms with Crippen molar-refractivity contribution in [1.82, 2.24) is 10.1 Å². The average molecular weight is 401 g/mol. The Labute approximate surface area is 164 Å². The summed E-state index contributed by atoms with van der Waals surface area (Å²) in [5, 5.41) is 3.93. The van der Waals surface area contributed by atoms with E-state index in [2.05, 4.69) is 14.9 Å². The van der Waals surface area contributed by atoms with Gasteiger partial charge >= 0.3 is 0 Å². The lowest BCUT2D eigenvalue weighted by Gasteiger charge is -2.13. The molecule has 1 N–H and O–H groups in total. The zero-order valence-corrected chi connectivity index (χ0v) is 17.1. The van der Waals surface area contributed by atoms with Crippen LogP contribution in [0, 0.1) is 13.8 Å². The second-order valence-electron chi connectivity index (χ2n) is 6.48. The molecule has 0 bridgehead atoms. The maximum absolute atomic E-state index is 12.9. The Morgan fingerprint density at radius 2 is 1.96 bits per heavy atom. The van der Waals surface area contributed by atoms with Crippen molar-refractivity contribution in [2.45, 2.75) is 38.5 Å². The molecule has 0 atom stereocenters. The van der Waals surface area contributed by atoms with Gasteiger partial charge in [0.15, 0.2) is 5.82 Å². The highest BCUT2D eigenvalue weighted by Crippen LogP contribution is 2.32. The first-order valence-corrected chi connectivity index (χ1v) is 10.4. The minimum atomic E-state index is -3.81. The van der Waals surface area contributed by atoms with Gasteiger partial charge in [0, 0.05) is 6.42 Å². The SMILES string of the molecule is CCCc1noc(-c2cc(S(=O)(=O)Nc3cccc(C)c3C)ccc2OC)n1. The molecule has 0 fully saturated rings. The van der Waals surface area contributed by atoms with E-state index in [4.69, 9.17) is 9.26 Å².